The van der Waals surface area contributed by atoms with Crippen LogP contribution in [-0.2, 0) is 20.1 Å². The van der Waals surface area contributed by atoms with Gasteiger partial charge < -0.3 is 9.88 Å². The van der Waals surface area contributed by atoms with E-state index in [0.717, 1.165) is 24.3 Å². The molecule has 0 radical (unpaired) electrons. The van der Waals surface area contributed by atoms with E-state index in [9.17, 15) is 4.79 Å². The number of aryl methyl sites for hydroxylation is 2. The topological polar surface area (TPSA) is 51.9 Å². The van der Waals surface area contributed by atoms with Crippen LogP contribution >= 0.6 is 0 Å². The van der Waals surface area contributed by atoms with Gasteiger partial charge in [-0.1, -0.05) is 20.8 Å². The average Bonchev–Trinajstić information content (AvgIpc) is 2.81. The number of nitrogens with one attached hydrogen (secondary N) is 1. The van der Waals surface area contributed by atoms with Crippen molar-refractivity contribution in [3.63, 3.8) is 0 Å². The highest BCUT2D eigenvalue weighted by Gasteiger charge is 2.11. The fourth-order valence-corrected chi connectivity index (χ4v) is 2.43. The summed E-state index contributed by atoms with van der Waals surface area (Å²) >= 11 is 0. The van der Waals surface area contributed by atoms with E-state index in [0.29, 0.717) is 12.5 Å². The molecule has 0 fully saturated rings. The molecule has 0 aromatic carbocycles. The first kappa shape index (κ1) is 15.4. The van der Waals surface area contributed by atoms with Crippen molar-refractivity contribution in [1.29, 1.82) is 0 Å². The molecule has 0 amide bonds. The van der Waals surface area contributed by atoms with E-state index >= 15 is 0 Å². The molecule has 2 aromatic rings. The second kappa shape index (κ2) is 6.61. The third kappa shape index (κ3) is 3.74. The average molecular weight is 288 g/mol. The summed E-state index contributed by atoms with van der Waals surface area (Å²) in [6.45, 7) is 7.82. The largest absolute Gasteiger partial charge is 0.380 e. The molecule has 0 aliphatic heterocycles. The van der Waals surface area contributed by atoms with Gasteiger partial charge in [0.05, 0.1) is 11.4 Å². The van der Waals surface area contributed by atoms with Crippen molar-refractivity contribution in [2.45, 2.75) is 46.2 Å². The zero-order valence-electron chi connectivity index (χ0n) is 13.3. The summed E-state index contributed by atoms with van der Waals surface area (Å²) in [6, 6.07) is 3.45. The van der Waals surface area contributed by atoms with Gasteiger partial charge in [-0.15, -0.1) is 0 Å². The predicted molar refractivity (Wildman–Crippen MR) is 85.6 cm³/mol. The Bertz CT molecular complexity index is 655. The summed E-state index contributed by atoms with van der Waals surface area (Å²) in [7, 11) is 1.94. The Hall–Kier alpha value is -2.04. The number of rotatable bonds is 6. The quantitative estimate of drug-likeness (QED) is 0.889. The molecule has 0 spiro atoms. The zero-order valence-corrected chi connectivity index (χ0v) is 13.3. The fourth-order valence-electron chi connectivity index (χ4n) is 2.43. The van der Waals surface area contributed by atoms with Crippen molar-refractivity contribution in [1.82, 2.24) is 14.3 Å². The van der Waals surface area contributed by atoms with Gasteiger partial charge >= 0.3 is 0 Å². The monoisotopic (exact) mass is 288 g/mol. The molecule has 0 aliphatic rings. The van der Waals surface area contributed by atoms with Gasteiger partial charge in [-0.2, -0.15) is 5.10 Å². The molecule has 0 atom stereocenters. The maximum absolute atomic E-state index is 11.7. The van der Waals surface area contributed by atoms with Gasteiger partial charge in [-0.3, -0.25) is 9.48 Å². The van der Waals surface area contributed by atoms with Crippen LogP contribution in [0, 0.1) is 0 Å². The summed E-state index contributed by atoms with van der Waals surface area (Å²) in [4.78, 5) is 11.7. The number of anilines is 1. The van der Waals surface area contributed by atoms with E-state index in [1.54, 1.807) is 10.6 Å². The molecule has 5 heteroatoms. The lowest BCUT2D eigenvalue weighted by molar-refractivity contribution is 0.655. The summed E-state index contributed by atoms with van der Waals surface area (Å²) in [6.07, 6.45) is 4.88. The molecular formula is C16H24N4O. The summed E-state index contributed by atoms with van der Waals surface area (Å²) in [5.41, 5.74) is 3.32. The SMILES string of the molecule is CCCn1cc(NCc2cn(C)nc2C(C)C)ccc1=O. The summed E-state index contributed by atoms with van der Waals surface area (Å²) in [5.74, 6) is 0.400. The van der Waals surface area contributed by atoms with E-state index in [1.807, 2.05) is 30.2 Å². The molecule has 114 valence electrons. The molecule has 0 saturated heterocycles. The highest BCUT2D eigenvalue weighted by molar-refractivity contribution is 5.41. The van der Waals surface area contributed by atoms with Crippen LogP contribution in [0.4, 0.5) is 5.69 Å². The standard InChI is InChI=1S/C16H24N4O/c1-5-8-20-11-14(6-7-15(20)21)17-9-13-10-19(4)18-16(13)12(2)3/h6-7,10-12,17H,5,8-9H2,1-4H3. The minimum atomic E-state index is 0.0478. The second-order valence-electron chi connectivity index (χ2n) is 5.67. The Kier molecular flexibility index (Phi) is 4.83. The highest BCUT2D eigenvalue weighted by atomic mass is 16.1. The number of pyridine rings is 1. The number of hydrogen-bond acceptors (Lipinski definition) is 3. The fraction of sp³-hybridized carbons (Fsp3) is 0.500. The molecule has 0 aliphatic carbocycles. The highest BCUT2D eigenvalue weighted by Crippen LogP contribution is 2.18. The third-order valence-corrected chi connectivity index (χ3v) is 3.41. The first-order valence-electron chi connectivity index (χ1n) is 7.48. The van der Waals surface area contributed by atoms with Crippen molar-refractivity contribution in [3.05, 3.63) is 46.1 Å². The van der Waals surface area contributed by atoms with Gasteiger partial charge in [0.25, 0.3) is 5.56 Å². The van der Waals surface area contributed by atoms with Crippen molar-refractivity contribution in [2.75, 3.05) is 5.32 Å². The van der Waals surface area contributed by atoms with Crippen molar-refractivity contribution in [2.24, 2.45) is 7.05 Å². The van der Waals surface area contributed by atoms with Crippen LogP contribution in [0.25, 0.3) is 0 Å². The lowest BCUT2D eigenvalue weighted by atomic mass is 10.1. The second-order valence-corrected chi connectivity index (χ2v) is 5.67. The van der Waals surface area contributed by atoms with E-state index < -0.39 is 0 Å². The van der Waals surface area contributed by atoms with E-state index in [2.05, 4.69) is 31.2 Å². The number of nitrogens with zero attached hydrogens (tertiary/aromatic N) is 3. The lowest BCUT2D eigenvalue weighted by Crippen LogP contribution is -2.18. The van der Waals surface area contributed by atoms with Crippen LogP contribution in [0.1, 0.15) is 44.4 Å². The minimum Gasteiger partial charge on any atom is -0.380 e. The minimum absolute atomic E-state index is 0.0478. The Balaban J connectivity index is 2.13. The zero-order chi connectivity index (χ0) is 15.4. The van der Waals surface area contributed by atoms with Crippen molar-refractivity contribution < 1.29 is 0 Å². The van der Waals surface area contributed by atoms with Crippen LogP contribution in [0.5, 0.6) is 0 Å². The number of aromatic nitrogens is 3. The molecular weight excluding hydrogens is 264 g/mol. The smallest absolute Gasteiger partial charge is 0.250 e. The summed E-state index contributed by atoms with van der Waals surface area (Å²) < 4.78 is 3.60. The molecule has 21 heavy (non-hydrogen) atoms. The Morgan fingerprint density at radius 3 is 2.71 bits per heavy atom. The predicted octanol–water partition coefficient (Wildman–Crippen LogP) is 2.73. The van der Waals surface area contributed by atoms with Gasteiger partial charge in [0.1, 0.15) is 0 Å². The molecule has 0 saturated carbocycles. The van der Waals surface area contributed by atoms with Gasteiger partial charge in [0.15, 0.2) is 0 Å². The normalized spacial score (nSPS) is 11.1. The molecule has 0 unspecified atom stereocenters. The Labute approximate surface area is 125 Å². The van der Waals surface area contributed by atoms with Crippen molar-refractivity contribution >= 4 is 5.69 Å². The van der Waals surface area contributed by atoms with Crippen LogP contribution in [-0.4, -0.2) is 14.3 Å². The van der Waals surface area contributed by atoms with Gasteiger partial charge in [0, 0.05) is 44.2 Å². The Morgan fingerprint density at radius 1 is 1.29 bits per heavy atom. The molecule has 2 heterocycles. The van der Waals surface area contributed by atoms with Gasteiger partial charge in [-0.25, -0.2) is 0 Å². The van der Waals surface area contributed by atoms with E-state index in [4.69, 9.17) is 0 Å². The number of hydrogen-bond donors (Lipinski definition) is 1. The molecule has 1 N–H and O–H groups in total. The van der Waals surface area contributed by atoms with Crippen molar-refractivity contribution in [3.8, 4) is 0 Å². The third-order valence-electron chi connectivity index (χ3n) is 3.41. The van der Waals surface area contributed by atoms with Gasteiger partial charge in [0.2, 0.25) is 0 Å². The molecule has 2 rings (SSSR count). The van der Waals surface area contributed by atoms with E-state index in [1.165, 1.54) is 5.56 Å². The van der Waals surface area contributed by atoms with Gasteiger partial charge in [-0.05, 0) is 18.4 Å². The summed E-state index contributed by atoms with van der Waals surface area (Å²) in [5, 5.41) is 7.89. The molecule has 5 nitrogen and oxygen atoms in total. The molecule has 0 bridgehead atoms. The first-order valence-corrected chi connectivity index (χ1v) is 7.48. The van der Waals surface area contributed by atoms with Crippen LogP contribution in [0.3, 0.4) is 0 Å². The first-order chi connectivity index (χ1) is 10.0. The maximum Gasteiger partial charge on any atom is 0.250 e. The van der Waals surface area contributed by atoms with Crippen LogP contribution < -0.4 is 10.9 Å². The lowest BCUT2D eigenvalue weighted by Gasteiger charge is -2.10. The van der Waals surface area contributed by atoms with Crippen LogP contribution in [0.2, 0.25) is 0 Å². The molecule has 2 aromatic heterocycles. The maximum atomic E-state index is 11.7. The van der Waals surface area contributed by atoms with E-state index in [-0.39, 0.29) is 5.56 Å². The Morgan fingerprint density at radius 2 is 2.05 bits per heavy atom. The van der Waals surface area contributed by atoms with Crippen LogP contribution in [0.15, 0.2) is 29.3 Å².